The number of hydrogen-bond donors (Lipinski definition) is 0. The van der Waals surface area contributed by atoms with Crippen LogP contribution in [0.1, 0.15) is 17.0 Å². The van der Waals surface area contributed by atoms with Crippen molar-refractivity contribution in [3.63, 3.8) is 0 Å². The Labute approximate surface area is 177 Å². The van der Waals surface area contributed by atoms with E-state index in [0.29, 0.717) is 36.0 Å². The molecule has 1 atom stereocenters. The summed E-state index contributed by atoms with van der Waals surface area (Å²) >= 11 is 0. The number of ether oxygens (including phenoxy) is 3. The summed E-state index contributed by atoms with van der Waals surface area (Å²) in [6.07, 6.45) is 0.0199. The molecule has 1 aromatic heterocycles. The molecule has 0 aliphatic carbocycles. The summed E-state index contributed by atoms with van der Waals surface area (Å²) in [7, 11) is 0. The minimum absolute atomic E-state index is 0.0199. The molecule has 1 amide bonds. The third kappa shape index (κ3) is 3.72. The van der Waals surface area contributed by atoms with E-state index >= 15 is 0 Å². The highest BCUT2D eigenvalue weighted by Crippen LogP contribution is 2.36. The molecule has 5 rings (SSSR count). The van der Waals surface area contributed by atoms with Gasteiger partial charge >= 0.3 is 5.97 Å². The van der Waals surface area contributed by atoms with Gasteiger partial charge < -0.3 is 23.5 Å². The number of benzene rings is 2. The van der Waals surface area contributed by atoms with Gasteiger partial charge in [-0.15, -0.1) is 0 Å². The van der Waals surface area contributed by atoms with Gasteiger partial charge in [0.25, 0.3) is 0 Å². The second kappa shape index (κ2) is 7.79. The van der Waals surface area contributed by atoms with Gasteiger partial charge in [-0.05, 0) is 24.3 Å². The number of rotatable bonds is 5. The number of amides is 1. The summed E-state index contributed by atoms with van der Waals surface area (Å²) in [5, 5.41) is 0.800. The molecule has 0 unspecified atom stereocenters. The van der Waals surface area contributed by atoms with Crippen LogP contribution in [0.15, 0.2) is 52.9 Å². The summed E-state index contributed by atoms with van der Waals surface area (Å²) in [5.41, 5.74) is 1.22. The number of furan rings is 1. The number of ketones is 1. The lowest BCUT2D eigenvalue weighted by Gasteiger charge is -2.22. The van der Waals surface area contributed by atoms with Crippen molar-refractivity contribution in [2.24, 2.45) is 5.92 Å². The van der Waals surface area contributed by atoms with Gasteiger partial charge in [0.15, 0.2) is 23.9 Å². The Hall–Kier alpha value is -3.81. The quantitative estimate of drug-likeness (QED) is 0.462. The highest BCUT2D eigenvalue weighted by Gasteiger charge is 2.37. The van der Waals surface area contributed by atoms with Gasteiger partial charge in [-0.1, -0.05) is 18.2 Å². The van der Waals surface area contributed by atoms with Crippen molar-refractivity contribution >= 4 is 34.3 Å². The van der Waals surface area contributed by atoms with E-state index in [4.69, 9.17) is 18.6 Å². The van der Waals surface area contributed by atoms with E-state index in [-0.39, 0.29) is 24.6 Å². The van der Waals surface area contributed by atoms with E-state index in [2.05, 4.69) is 0 Å². The Morgan fingerprint density at radius 2 is 1.84 bits per heavy atom. The molecule has 158 valence electrons. The van der Waals surface area contributed by atoms with E-state index in [1.54, 1.807) is 30.3 Å². The number of carbonyl (C=O) groups excluding carboxylic acids is 3. The molecule has 0 spiro atoms. The van der Waals surface area contributed by atoms with Crippen molar-refractivity contribution in [3.05, 3.63) is 54.3 Å². The maximum absolute atomic E-state index is 12.5. The highest BCUT2D eigenvalue weighted by atomic mass is 16.6. The van der Waals surface area contributed by atoms with Crippen LogP contribution < -0.4 is 14.4 Å². The molecule has 0 bridgehead atoms. The van der Waals surface area contributed by atoms with Crippen molar-refractivity contribution in [3.8, 4) is 11.5 Å². The second-order valence-corrected chi connectivity index (χ2v) is 7.41. The summed E-state index contributed by atoms with van der Waals surface area (Å²) in [5.74, 6) is -0.531. The van der Waals surface area contributed by atoms with E-state index < -0.39 is 24.3 Å². The monoisotopic (exact) mass is 421 g/mol. The van der Waals surface area contributed by atoms with Gasteiger partial charge in [-0.2, -0.15) is 0 Å². The number of Topliss-reactive ketones (excluding diaryl/α,β-unsaturated/α-hetero) is 1. The standard InChI is InChI=1S/C23H19NO7/c25-17(20-9-14-3-1-2-4-18(14)31-20)13-30-23(27)15-10-22(26)24(12-15)16-5-6-19-21(11-16)29-8-7-28-19/h1-6,9,11,15H,7-8,10,12-13H2/t15-/m1/s1. The minimum atomic E-state index is -0.649. The molecule has 31 heavy (non-hydrogen) atoms. The second-order valence-electron chi connectivity index (χ2n) is 7.41. The number of carbonyl (C=O) groups is 3. The van der Waals surface area contributed by atoms with Crippen LogP contribution in [0.25, 0.3) is 11.0 Å². The third-order valence-electron chi connectivity index (χ3n) is 5.34. The number of fused-ring (bicyclic) bond motifs is 2. The first-order chi connectivity index (χ1) is 15.1. The Balaban J connectivity index is 1.21. The topological polar surface area (TPSA) is 95.3 Å². The molecule has 8 heteroatoms. The molecule has 2 aromatic carbocycles. The predicted molar refractivity (Wildman–Crippen MR) is 109 cm³/mol. The van der Waals surface area contributed by atoms with E-state index in [1.807, 2.05) is 18.2 Å². The zero-order chi connectivity index (χ0) is 21.4. The molecule has 0 saturated carbocycles. The lowest BCUT2D eigenvalue weighted by molar-refractivity contribution is -0.147. The van der Waals surface area contributed by atoms with Crippen LogP contribution >= 0.6 is 0 Å². The zero-order valence-corrected chi connectivity index (χ0v) is 16.5. The number of nitrogens with zero attached hydrogens (tertiary/aromatic N) is 1. The maximum atomic E-state index is 12.5. The van der Waals surface area contributed by atoms with Crippen LogP contribution in [-0.4, -0.2) is 44.0 Å². The van der Waals surface area contributed by atoms with Crippen LogP contribution in [0.2, 0.25) is 0 Å². The molecular weight excluding hydrogens is 402 g/mol. The maximum Gasteiger partial charge on any atom is 0.311 e. The molecule has 2 aliphatic rings. The third-order valence-corrected chi connectivity index (χ3v) is 5.34. The SMILES string of the molecule is O=C(COC(=O)[C@@H]1CC(=O)N(c2ccc3c(c2)OCCO3)C1)c1cc2ccccc2o1. The normalized spacial score (nSPS) is 17.7. The molecule has 3 aromatic rings. The van der Waals surface area contributed by atoms with Crippen LogP contribution in [0.4, 0.5) is 5.69 Å². The first-order valence-electron chi connectivity index (χ1n) is 9.97. The first-order valence-corrected chi connectivity index (χ1v) is 9.97. The van der Waals surface area contributed by atoms with Gasteiger partial charge in [-0.3, -0.25) is 14.4 Å². The lowest BCUT2D eigenvalue weighted by Crippen LogP contribution is -2.27. The fourth-order valence-electron chi connectivity index (χ4n) is 3.76. The van der Waals surface area contributed by atoms with Crippen molar-refractivity contribution in [2.75, 3.05) is 31.3 Å². The van der Waals surface area contributed by atoms with Gasteiger partial charge in [0.1, 0.15) is 18.8 Å². The molecule has 0 radical (unpaired) electrons. The van der Waals surface area contributed by atoms with E-state index in [0.717, 1.165) is 5.39 Å². The van der Waals surface area contributed by atoms with Crippen molar-refractivity contribution in [1.82, 2.24) is 0 Å². The van der Waals surface area contributed by atoms with Crippen LogP contribution in [0.3, 0.4) is 0 Å². The summed E-state index contributed by atoms with van der Waals surface area (Å²) < 4.78 is 21.7. The summed E-state index contributed by atoms with van der Waals surface area (Å²) in [6.45, 7) is 0.664. The summed E-state index contributed by atoms with van der Waals surface area (Å²) in [4.78, 5) is 38.8. The Bertz CT molecular complexity index is 1150. The first kappa shape index (κ1) is 19.2. The minimum Gasteiger partial charge on any atom is -0.486 e. The fraction of sp³-hybridized carbons (Fsp3) is 0.261. The smallest absolute Gasteiger partial charge is 0.311 e. The zero-order valence-electron chi connectivity index (χ0n) is 16.5. The average Bonchev–Trinajstić information content (AvgIpc) is 3.40. The van der Waals surface area contributed by atoms with Crippen LogP contribution in [0, 0.1) is 5.92 Å². The average molecular weight is 421 g/mol. The van der Waals surface area contributed by atoms with Gasteiger partial charge in [0, 0.05) is 30.1 Å². The van der Waals surface area contributed by atoms with E-state index in [1.165, 1.54) is 4.90 Å². The molecule has 1 saturated heterocycles. The largest absolute Gasteiger partial charge is 0.486 e. The van der Waals surface area contributed by atoms with Crippen molar-refractivity contribution in [1.29, 1.82) is 0 Å². The number of esters is 1. The molecule has 0 N–H and O–H groups in total. The van der Waals surface area contributed by atoms with Gasteiger partial charge in [-0.25, -0.2) is 0 Å². The van der Waals surface area contributed by atoms with Crippen LogP contribution in [0.5, 0.6) is 11.5 Å². The van der Waals surface area contributed by atoms with Crippen LogP contribution in [-0.2, 0) is 14.3 Å². The molecular formula is C23H19NO7. The van der Waals surface area contributed by atoms with E-state index in [9.17, 15) is 14.4 Å². The number of anilines is 1. The molecule has 3 heterocycles. The van der Waals surface area contributed by atoms with Crippen molar-refractivity contribution in [2.45, 2.75) is 6.42 Å². The van der Waals surface area contributed by atoms with Crippen molar-refractivity contribution < 1.29 is 33.0 Å². The molecule has 8 nitrogen and oxygen atoms in total. The lowest BCUT2D eigenvalue weighted by atomic mass is 10.1. The number of hydrogen-bond acceptors (Lipinski definition) is 7. The van der Waals surface area contributed by atoms with Gasteiger partial charge in [0.05, 0.1) is 5.92 Å². The fourth-order valence-corrected chi connectivity index (χ4v) is 3.76. The number of para-hydroxylation sites is 1. The summed E-state index contributed by atoms with van der Waals surface area (Å²) in [6, 6.07) is 14.1. The highest BCUT2D eigenvalue weighted by molar-refractivity contribution is 6.01. The Morgan fingerprint density at radius 1 is 1.03 bits per heavy atom. The van der Waals surface area contributed by atoms with Gasteiger partial charge in [0.2, 0.25) is 11.7 Å². The predicted octanol–water partition coefficient (Wildman–Crippen LogP) is 2.98. The Morgan fingerprint density at radius 3 is 2.68 bits per heavy atom. The molecule has 2 aliphatic heterocycles. The Kier molecular flexibility index (Phi) is 4.82. The molecule has 1 fully saturated rings.